The van der Waals surface area contributed by atoms with E-state index in [1.165, 1.54) is 9.42 Å². The molecular weight excluding hydrogens is 498 g/mol. The minimum Gasteiger partial charge on any atom is -0.443 e. The van der Waals surface area contributed by atoms with Crippen molar-refractivity contribution in [1.82, 2.24) is 14.6 Å². The van der Waals surface area contributed by atoms with E-state index in [-0.39, 0.29) is 23.5 Å². The predicted octanol–water partition coefficient (Wildman–Crippen LogP) is 5.44. The summed E-state index contributed by atoms with van der Waals surface area (Å²) in [5.74, 6) is 0.599. The number of fused-ring (bicyclic) bond motifs is 1. The number of ether oxygens (including phenoxy) is 1. The molecule has 2 amide bonds. The Bertz CT molecular complexity index is 1170. The van der Waals surface area contributed by atoms with E-state index in [9.17, 15) is 9.59 Å². The molecule has 168 valence electrons. The molecule has 0 aliphatic heterocycles. The molecule has 1 aliphatic carbocycles. The van der Waals surface area contributed by atoms with E-state index in [4.69, 9.17) is 16.3 Å². The van der Waals surface area contributed by atoms with Crippen LogP contribution in [-0.4, -0.2) is 32.2 Å². The largest absolute Gasteiger partial charge is 0.443 e. The highest BCUT2D eigenvalue weighted by Crippen LogP contribution is 2.30. The van der Waals surface area contributed by atoms with Crippen molar-refractivity contribution in [1.29, 1.82) is 0 Å². The van der Waals surface area contributed by atoms with Crippen molar-refractivity contribution in [3.05, 3.63) is 51.7 Å². The molecular formula is C22H23BrClN5O3. The first-order valence-electron chi connectivity index (χ1n) is 10.2. The van der Waals surface area contributed by atoms with Gasteiger partial charge in [0.25, 0.3) is 0 Å². The van der Waals surface area contributed by atoms with Gasteiger partial charge in [0.2, 0.25) is 5.91 Å². The van der Waals surface area contributed by atoms with E-state index in [1.807, 2.05) is 24.3 Å². The Morgan fingerprint density at radius 2 is 1.97 bits per heavy atom. The summed E-state index contributed by atoms with van der Waals surface area (Å²) in [6.45, 7) is 5.62. The highest BCUT2D eigenvalue weighted by molar-refractivity contribution is 9.10. The van der Waals surface area contributed by atoms with E-state index in [2.05, 4.69) is 31.3 Å². The maximum absolute atomic E-state index is 13.2. The van der Waals surface area contributed by atoms with Crippen LogP contribution in [0.1, 0.15) is 39.2 Å². The molecule has 0 bridgehead atoms. The van der Waals surface area contributed by atoms with Gasteiger partial charge < -0.3 is 10.1 Å². The Morgan fingerprint density at radius 1 is 1.28 bits per heavy atom. The van der Waals surface area contributed by atoms with E-state index in [0.29, 0.717) is 15.9 Å². The number of carbonyl (C=O) groups excluding carboxylic acids is 2. The zero-order valence-electron chi connectivity index (χ0n) is 17.9. The molecule has 10 heteroatoms. The number of amides is 2. The average molecular weight is 521 g/mol. The number of carbonyl (C=O) groups is 2. The molecule has 0 atom stereocenters. The van der Waals surface area contributed by atoms with Gasteiger partial charge in [-0.25, -0.2) is 9.78 Å². The number of benzene rings is 1. The predicted molar refractivity (Wildman–Crippen MR) is 126 cm³/mol. The topological polar surface area (TPSA) is 88.8 Å². The average Bonchev–Trinajstić information content (AvgIpc) is 3.50. The van der Waals surface area contributed by atoms with E-state index < -0.39 is 11.7 Å². The minimum atomic E-state index is -0.688. The van der Waals surface area contributed by atoms with Crippen LogP contribution in [0.25, 0.3) is 5.65 Å². The summed E-state index contributed by atoms with van der Waals surface area (Å²) in [4.78, 5) is 30.9. The number of nitrogens with one attached hydrogen (secondary N) is 1. The second kappa shape index (κ2) is 8.71. The molecule has 2 heterocycles. The Labute approximate surface area is 199 Å². The van der Waals surface area contributed by atoms with Gasteiger partial charge in [-0.3, -0.25) is 9.69 Å². The van der Waals surface area contributed by atoms with Crippen LogP contribution >= 0.6 is 27.5 Å². The zero-order valence-corrected chi connectivity index (χ0v) is 20.3. The molecule has 1 aromatic carbocycles. The first-order chi connectivity index (χ1) is 15.1. The fourth-order valence-electron chi connectivity index (χ4n) is 3.11. The maximum Gasteiger partial charge on any atom is 0.416 e. The molecule has 1 aliphatic rings. The van der Waals surface area contributed by atoms with Gasteiger partial charge in [0.1, 0.15) is 16.6 Å². The molecule has 1 N–H and O–H groups in total. The summed E-state index contributed by atoms with van der Waals surface area (Å²) in [6, 6.07) is 8.94. The van der Waals surface area contributed by atoms with E-state index in [1.54, 1.807) is 33.0 Å². The van der Waals surface area contributed by atoms with E-state index in [0.717, 1.165) is 24.1 Å². The minimum absolute atomic E-state index is 0.0474. The summed E-state index contributed by atoms with van der Waals surface area (Å²) in [7, 11) is 0. The highest BCUT2D eigenvalue weighted by Gasteiger charge is 2.30. The lowest BCUT2D eigenvalue weighted by Gasteiger charge is -2.27. The molecule has 1 saturated carbocycles. The summed E-state index contributed by atoms with van der Waals surface area (Å²) < 4.78 is 7.83. The molecule has 8 nitrogen and oxygen atoms in total. The Balaban J connectivity index is 1.65. The molecule has 32 heavy (non-hydrogen) atoms. The van der Waals surface area contributed by atoms with Crippen molar-refractivity contribution in [3.63, 3.8) is 0 Å². The third-order valence-electron chi connectivity index (χ3n) is 4.78. The van der Waals surface area contributed by atoms with Crippen molar-refractivity contribution in [2.75, 3.05) is 10.2 Å². The highest BCUT2D eigenvalue weighted by atomic mass is 79.9. The molecule has 0 unspecified atom stereocenters. The fourth-order valence-corrected chi connectivity index (χ4v) is 3.63. The summed E-state index contributed by atoms with van der Waals surface area (Å²) >= 11 is 9.65. The molecule has 0 saturated heterocycles. The zero-order chi connectivity index (χ0) is 23.0. The lowest BCUT2D eigenvalue weighted by atomic mass is 10.2. The third-order valence-corrected chi connectivity index (χ3v) is 5.53. The van der Waals surface area contributed by atoms with Crippen LogP contribution in [0.3, 0.4) is 0 Å². The maximum atomic E-state index is 13.2. The number of hydrogen-bond acceptors (Lipinski definition) is 5. The molecule has 1 fully saturated rings. The molecule has 0 spiro atoms. The Hall–Kier alpha value is -2.65. The van der Waals surface area contributed by atoms with Crippen LogP contribution in [0, 0.1) is 5.92 Å². The molecule has 2 aromatic heterocycles. The lowest BCUT2D eigenvalue weighted by molar-refractivity contribution is -0.117. The number of hydrogen-bond donors (Lipinski definition) is 1. The van der Waals surface area contributed by atoms with Gasteiger partial charge >= 0.3 is 6.09 Å². The van der Waals surface area contributed by atoms with Crippen LogP contribution in [-0.2, 0) is 16.1 Å². The van der Waals surface area contributed by atoms with Crippen molar-refractivity contribution in [2.45, 2.75) is 45.8 Å². The number of aromatic nitrogens is 3. The number of rotatable bonds is 5. The van der Waals surface area contributed by atoms with Crippen molar-refractivity contribution >= 4 is 56.7 Å². The SMILES string of the molecule is CC(C)(C)OC(=O)N(Cc1ccc(NC(=O)C2CC2)cc1)c1cc(Cl)nc2c(Br)cnn12. The van der Waals surface area contributed by atoms with Crippen LogP contribution in [0.5, 0.6) is 0 Å². The fraction of sp³-hybridized carbons (Fsp3) is 0.364. The normalized spacial score (nSPS) is 13.8. The molecule has 3 aromatic rings. The lowest BCUT2D eigenvalue weighted by Crippen LogP contribution is -2.37. The van der Waals surface area contributed by atoms with Crippen molar-refractivity contribution in [3.8, 4) is 0 Å². The number of halogens is 2. The first kappa shape index (κ1) is 22.5. The number of anilines is 2. The van der Waals surface area contributed by atoms with Crippen molar-refractivity contribution in [2.24, 2.45) is 5.92 Å². The second-order valence-electron chi connectivity index (χ2n) is 8.69. The standard InChI is InChI=1S/C22H23BrClN5O3/c1-22(2,3)32-21(31)28(18-10-17(24)27-19-16(23)11-25-29(18)19)12-13-4-8-15(9-5-13)26-20(30)14-6-7-14/h4-5,8-11,14H,6-7,12H2,1-3H3,(H,26,30). The van der Waals surface area contributed by atoms with Crippen LogP contribution in [0.15, 0.2) is 41.0 Å². The van der Waals surface area contributed by atoms with Gasteiger partial charge in [0.15, 0.2) is 5.65 Å². The monoisotopic (exact) mass is 519 g/mol. The van der Waals surface area contributed by atoms with Gasteiger partial charge in [0, 0.05) is 17.7 Å². The van der Waals surface area contributed by atoms with Gasteiger partial charge in [-0.05, 0) is 67.2 Å². The second-order valence-corrected chi connectivity index (χ2v) is 9.93. The van der Waals surface area contributed by atoms with Gasteiger partial charge in [-0.15, -0.1) is 0 Å². The van der Waals surface area contributed by atoms with Crippen LogP contribution in [0.2, 0.25) is 5.15 Å². The van der Waals surface area contributed by atoms with Crippen LogP contribution in [0.4, 0.5) is 16.3 Å². The Kier molecular flexibility index (Phi) is 6.13. The summed E-state index contributed by atoms with van der Waals surface area (Å²) in [5.41, 5.74) is 1.36. The molecule has 0 radical (unpaired) electrons. The van der Waals surface area contributed by atoms with Gasteiger partial charge in [-0.2, -0.15) is 9.61 Å². The molecule has 4 rings (SSSR count). The quantitative estimate of drug-likeness (QED) is 0.453. The van der Waals surface area contributed by atoms with Crippen molar-refractivity contribution < 1.29 is 14.3 Å². The van der Waals surface area contributed by atoms with Crippen LogP contribution < -0.4 is 10.2 Å². The summed E-state index contributed by atoms with van der Waals surface area (Å²) in [5, 5.41) is 7.46. The Morgan fingerprint density at radius 3 is 2.59 bits per heavy atom. The van der Waals surface area contributed by atoms with E-state index >= 15 is 0 Å². The first-order valence-corrected chi connectivity index (χ1v) is 11.4. The number of nitrogens with zero attached hydrogens (tertiary/aromatic N) is 4. The third kappa shape index (κ3) is 5.21. The smallest absolute Gasteiger partial charge is 0.416 e. The summed E-state index contributed by atoms with van der Waals surface area (Å²) in [6.07, 6.45) is 2.94. The van der Waals surface area contributed by atoms with Gasteiger partial charge in [-0.1, -0.05) is 23.7 Å². The van der Waals surface area contributed by atoms with Gasteiger partial charge in [0.05, 0.1) is 17.2 Å².